The molecule has 32 heavy (non-hydrogen) atoms. The van der Waals surface area contributed by atoms with Gasteiger partial charge in [0, 0.05) is 24.0 Å². The lowest BCUT2D eigenvalue weighted by atomic mass is 9.97. The molecule has 4 nitrogen and oxygen atoms in total. The van der Waals surface area contributed by atoms with Crippen molar-refractivity contribution in [2.24, 2.45) is 5.92 Å². The summed E-state index contributed by atoms with van der Waals surface area (Å²) in [6, 6.07) is 16.3. The molecule has 1 N–H and O–H groups in total. The van der Waals surface area contributed by atoms with Gasteiger partial charge in [-0.1, -0.05) is 79.6 Å². The summed E-state index contributed by atoms with van der Waals surface area (Å²) in [5.41, 5.74) is 3.17. The summed E-state index contributed by atoms with van der Waals surface area (Å²) >= 11 is 6.04. The van der Waals surface area contributed by atoms with Crippen molar-refractivity contribution >= 4 is 23.4 Å². The third kappa shape index (κ3) is 6.70. The topological polar surface area (TPSA) is 49.4 Å². The Morgan fingerprint density at radius 3 is 2.38 bits per heavy atom. The number of amides is 2. The Hall–Kier alpha value is -2.59. The Bertz CT molecular complexity index is 922. The number of hydrogen-bond acceptors (Lipinski definition) is 2. The second-order valence-electron chi connectivity index (χ2n) is 8.71. The van der Waals surface area contributed by atoms with Crippen molar-refractivity contribution in [1.29, 1.82) is 0 Å². The Labute approximate surface area is 196 Å². The molecule has 5 heteroatoms. The number of carbonyl (C=O) groups excluding carboxylic acids is 2. The van der Waals surface area contributed by atoms with E-state index in [0.29, 0.717) is 18.1 Å². The van der Waals surface area contributed by atoms with Gasteiger partial charge in [-0.3, -0.25) is 9.59 Å². The molecule has 2 amide bonds. The third-order valence-corrected chi connectivity index (χ3v) is 6.10. The molecule has 2 aromatic carbocycles. The van der Waals surface area contributed by atoms with Crippen LogP contribution in [0.25, 0.3) is 0 Å². The van der Waals surface area contributed by atoms with Gasteiger partial charge in [0.15, 0.2) is 0 Å². The molecule has 2 aromatic rings. The molecule has 0 aliphatic heterocycles. The van der Waals surface area contributed by atoms with Crippen molar-refractivity contribution in [1.82, 2.24) is 10.2 Å². The third-order valence-electron chi connectivity index (χ3n) is 5.85. The maximum absolute atomic E-state index is 13.5. The molecular weight excluding hydrogens is 420 g/mol. The lowest BCUT2D eigenvalue weighted by molar-refractivity contribution is -0.144. The molecule has 1 aliphatic carbocycles. The average molecular weight is 453 g/mol. The van der Waals surface area contributed by atoms with Crippen LogP contribution in [0.3, 0.4) is 0 Å². The summed E-state index contributed by atoms with van der Waals surface area (Å²) in [6.45, 7) is 4.66. The quantitative estimate of drug-likeness (QED) is 0.469. The predicted molar refractivity (Wildman–Crippen MR) is 130 cm³/mol. The van der Waals surface area contributed by atoms with Crippen molar-refractivity contribution < 1.29 is 9.59 Å². The van der Waals surface area contributed by atoms with Crippen molar-refractivity contribution in [3.63, 3.8) is 0 Å². The molecule has 0 saturated heterocycles. The number of halogens is 1. The number of nitrogens with zero attached hydrogens (tertiary/aromatic N) is 1. The fraction of sp³-hybridized carbons (Fsp3) is 0.407. The molecule has 0 spiro atoms. The van der Waals surface area contributed by atoms with Crippen molar-refractivity contribution in [3.05, 3.63) is 82.4 Å². The number of benzene rings is 2. The molecule has 0 bridgehead atoms. The van der Waals surface area contributed by atoms with Crippen molar-refractivity contribution in [2.45, 2.75) is 58.5 Å². The first-order valence-electron chi connectivity index (χ1n) is 11.5. The van der Waals surface area contributed by atoms with E-state index in [0.717, 1.165) is 30.4 Å². The Kier molecular flexibility index (Phi) is 8.92. The van der Waals surface area contributed by atoms with Crippen LogP contribution in [0.1, 0.15) is 63.1 Å². The monoisotopic (exact) mass is 452 g/mol. The molecule has 0 radical (unpaired) electrons. The molecule has 1 aliphatic rings. The first kappa shape index (κ1) is 24.1. The highest BCUT2D eigenvalue weighted by atomic mass is 35.5. The second-order valence-corrected chi connectivity index (χ2v) is 9.15. The van der Waals surface area contributed by atoms with E-state index >= 15 is 0 Å². The highest BCUT2D eigenvalue weighted by molar-refractivity contribution is 6.30. The summed E-state index contributed by atoms with van der Waals surface area (Å²) in [5.74, 6) is -0.428. The van der Waals surface area contributed by atoms with Gasteiger partial charge in [-0.25, -0.2) is 0 Å². The lowest BCUT2D eigenvalue weighted by Crippen LogP contribution is -2.45. The van der Waals surface area contributed by atoms with Crippen LogP contribution in [-0.4, -0.2) is 23.3 Å². The molecule has 0 aromatic heterocycles. The smallest absolute Gasteiger partial charge is 0.247 e. The summed E-state index contributed by atoms with van der Waals surface area (Å²) in [4.78, 5) is 28.4. The van der Waals surface area contributed by atoms with Crippen LogP contribution in [0.15, 0.2) is 66.2 Å². The number of hydrogen-bond donors (Lipinski definition) is 1. The predicted octanol–water partition coefficient (Wildman–Crippen LogP) is 6.07. The van der Waals surface area contributed by atoms with Gasteiger partial charge in [-0.15, -0.1) is 0 Å². The van der Waals surface area contributed by atoms with E-state index in [9.17, 15) is 9.59 Å². The Balaban J connectivity index is 1.84. The lowest BCUT2D eigenvalue weighted by Gasteiger charge is -2.33. The van der Waals surface area contributed by atoms with Crippen LogP contribution in [0, 0.1) is 5.92 Å². The SMILES string of the molecule is CC(C)C(=O)N(Cc1ccc(Cl)cc1)[C@@H](C(=O)NCCC1=CCCCC1)c1ccccc1. The van der Waals surface area contributed by atoms with E-state index in [1.807, 2.05) is 68.4 Å². The summed E-state index contributed by atoms with van der Waals surface area (Å²) in [7, 11) is 0. The van der Waals surface area contributed by atoms with E-state index < -0.39 is 6.04 Å². The van der Waals surface area contributed by atoms with E-state index in [4.69, 9.17) is 11.6 Å². The van der Waals surface area contributed by atoms with Gasteiger partial charge in [-0.2, -0.15) is 0 Å². The minimum Gasteiger partial charge on any atom is -0.354 e. The highest BCUT2D eigenvalue weighted by Crippen LogP contribution is 2.26. The normalized spacial score (nSPS) is 14.6. The van der Waals surface area contributed by atoms with E-state index in [-0.39, 0.29) is 17.7 Å². The van der Waals surface area contributed by atoms with Gasteiger partial charge in [0.25, 0.3) is 0 Å². The van der Waals surface area contributed by atoms with Crippen LogP contribution >= 0.6 is 11.6 Å². The Morgan fingerprint density at radius 2 is 1.75 bits per heavy atom. The number of nitrogens with one attached hydrogen (secondary N) is 1. The van der Waals surface area contributed by atoms with E-state index in [2.05, 4.69) is 11.4 Å². The molecular formula is C27H33ClN2O2. The van der Waals surface area contributed by atoms with Crippen LogP contribution in [0.4, 0.5) is 0 Å². The fourth-order valence-corrected chi connectivity index (χ4v) is 4.22. The van der Waals surface area contributed by atoms with Crippen LogP contribution < -0.4 is 5.32 Å². The van der Waals surface area contributed by atoms with Gasteiger partial charge in [0.05, 0.1) is 0 Å². The van der Waals surface area contributed by atoms with Crippen LogP contribution in [0.2, 0.25) is 5.02 Å². The molecule has 0 saturated carbocycles. The molecule has 1 atom stereocenters. The first-order valence-corrected chi connectivity index (χ1v) is 11.9. The molecule has 170 valence electrons. The average Bonchev–Trinajstić information content (AvgIpc) is 2.81. The minimum atomic E-state index is -0.692. The number of carbonyl (C=O) groups is 2. The molecule has 3 rings (SSSR count). The molecule has 0 unspecified atom stereocenters. The first-order chi connectivity index (χ1) is 15.5. The zero-order chi connectivity index (χ0) is 22.9. The van der Waals surface area contributed by atoms with Gasteiger partial charge in [0.1, 0.15) is 6.04 Å². The van der Waals surface area contributed by atoms with E-state index in [1.54, 1.807) is 4.90 Å². The maximum atomic E-state index is 13.5. The summed E-state index contributed by atoms with van der Waals surface area (Å²) in [6.07, 6.45) is 7.90. The second kappa shape index (κ2) is 11.9. The highest BCUT2D eigenvalue weighted by Gasteiger charge is 2.32. The maximum Gasteiger partial charge on any atom is 0.247 e. The fourth-order valence-electron chi connectivity index (χ4n) is 4.10. The Morgan fingerprint density at radius 1 is 1.03 bits per heavy atom. The number of rotatable bonds is 9. The zero-order valence-electron chi connectivity index (χ0n) is 19.0. The van der Waals surface area contributed by atoms with Gasteiger partial charge in [0.2, 0.25) is 11.8 Å². The minimum absolute atomic E-state index is 0.0565. The molecule has 0 fully saturated rings. The largest absolute Gasteiger partial charge is 0.354 e. The molecule has 0 heterocycles. The van der Waals surface area contributed by atoms with Gasteiger partial charge >= 0.3 is 0 Å². The van der Waals surface area contributed by atoms with E-state index in [1.165, 1.54) is 18.4 Å². The number of allylic oxidation sites excluding steroid dienone is 1. The summed E-state index contributed by atoms with van der Waals surface area (Å²) in [5, 5.41) is 3.75. The zero-order valence-corrected chi connectivity index (χ0v) is 19.8. The summed E-state index contributed by atoms with van der Waals surface area (Å²) < 4.78 is 0. The standard InChI is InChI=1S/C27H33ClN2O2/c1-20(2)27(32)30(19-22-13-15-24(28)16-14-22)25(23-11-7-4-8-12-23)26(31)29-18-17-21-9-5-3-6-10-21/h4,7-9,11-16,20,25H,3,5-6,10,17-19H2,1-2H3,(H,29,31)/t25-/m1/s1. The van der Waals surface area contributed by atoms with Crippen molar-refractivity contribution in [3.8, 4) is 0 Å². The van der Waals surface area contributed by atoms with Crippen LogP contribution in [-0.2, 0) is 16.1 Å². The van der Waals surface area contributed by atoms with Crippen LogP contribution in [0.5, 0.6) is 0 Å². The van der Waals surface area contributed by atoms with Gasteiger partial charge < -0.3 is 10.2 Å². The van der Waals surface area contributed by atoms with Gasteiger partial charge in [-0.05, 0) is 55.4 Å². The van der Waals surface area contributed by atoms with Crippen molar-refractivity contribution in [2.75, 3.05) is 6.54 Å².